The summed E-state index contributed by atoms with van der Waals surface area (Å²) in [7, 11) is 1.74. The lowest BCUT2D eigenvalue weighted by Crippen LogP contribution is -2.59. The zero-order valence-corrected chi connectivity index (χ0v) is 42.9. The number of anilines is 1. The van der Waals surface area contributed by atoms with E-state index in [0.29, 0.717) is 62.9 Å². The number of halogens is 3. The lowest BCUT2D eigenvalue weighted by Gasteiger charge is -2.43. The third-order valence-corrected chi connectivity index (χ3v) is 16.2. The molecule has 5 heterocycles. The Morgan fingerprint density at radius 1 is 0.849 bits per heavy atom. The van der Waals surface area contributed by atoms with Crippen LogP contribution in [0.4, 0.5) is 19.0 Å². The molecule has 19 heteroatoms. The first kappa shape index (κ1) is 53.8. The van der Waals surface area contributed by atoms with Crippen LogP contribution in [0, 0.1) is 17.8 Å². The van der Waals surface area contributed by atoms with Crippen molar-refractivity contribution in [1.29, 1.82) is 0 Å². The van der Waals surface area contributed by atoms with Crippen LogP contribution in [-0.2, 0) is 30.1 Å². The van der Waals surface area contributed by atoms with Crippen molar-refractivity contribution in [2.75, 3.05) is 58.2 Å². The first-order valence-corrected chi connectivity index (χ1v) is 27.0. The molecule has 73 heavy (non-hydrogen) atoms. The van der Waals surface area contributed by atoms with Crippen LogP contribution < -0.4 is 21.3 Å². The maximum atomic E-state index is 14.1. The summed E-state index contributed by atoms with van der Waals surface area (Å²) in [5, 5.41) is 13.5. The Morgan fingerprint density at radius 2 is 1.60 bits per heavy atom. The summed E-state index contributed by atoms with van der Waals surface area (Å²) in [5.41, 5.74) is 0.407. The predicted molar refractivity (Wildman–Crippen MR) is 272 cm³/mol. The molecular weight excluding hydrogens is 940 g/mol. The van der Waals surface area contributed by atoms with Gasteiger partial charge in [-0.1, -0.05) is 45.6 Å². The number of unbranched alkanes of at least 4 members (excludes halogenated alkanes) is 5. The monoisotopic (exact) mass is 1020 g/mol. The molecule has 3 aromatic rings. The quantitative estimate of drug-likeness (QED) is 0.0910. The van der Waals surface area contributed by atoms with Gasteiger partial charge in [0.25, 0.3) is 0 Å². The predicted octanol–water partition coefficient (Wildman–Crippen LogP) is 6.48. The number of carbonyl (C=O) groups excluding carboxylic acids is 5. The van der Waals surface area contributed by atoms with E-state index >= 15 is 0 Å². The fourth-order valence-electron chi connectivity index (χ4n) is 12.0. The Morgan fingerprint density at radius 3 is 2.33 bits per heavy atom. The van der Waals surface area contributed by atoms with Crippen molar-refractivity contribution < 1.29 is 37.1 Å². The Balaban J connectivity index is 0.728. The van der Waals surface area contributed by atoms with Gasteiger partial charge in [-0.15, -0.1) is 0 Å². The Bertz CT molecular complexity index is 2360. The van der Waals surface area contributed by atoms with Gasteiger partial charge in [-0.3, -0.25) is 33.9 Å². The molecule has 16 nitrogen and oxygen atoms in total. The lowest BCUT2D eigenvalue weighted by molar-refractivity contribution is -0.137. The van der Waals surface area contributed by atoms with Crippen molar-refractivity contribution >= 4 is 46.3 Å². The molecule has 3 aliphatic heterocycles. The number of rotatable bonds is 20. The zero-order chi connectivity index (χ0) is 51.6. The number of piperazine rings is 1. The van der Waals surface area contributed by atoms with Crippen LogP contribution in [0.2, 0.25) is 0 Å². The fraction of sp³-hybridized carbons (Fsp3) is 0.667. The SMILES string of the molecule is CC(C)CN[C@@H]1CC[C@H](N2CC[C@H](Nc3ncnc4ccc(C(F)(F)F)cc34)C2=O)[C@H](NC(=O)C2CCC(N3CCN(C(=O)CCCCCCCCNC(=O)[C@H]4CC(=O)N(C)[C@@H]4c4cccnc4)CC3)CC2)C1. The van der Waals surface area contributed by atoms with Crippen LogP contribution in [0.3, 0.4) is 0 Å². The molecule has 5 amide bonds. The lowest BCUT2D eigenvalue weighted by atomic mass is 9.82. The van der Waals surface area contributed by atoms with E-state index in [4.69, 9.17) is 0 Å². The molecule has 6 atom stereocenters. The highest BCUT2D eigenvalue weighted by molar-refractivity contribution is 5.93. The summed E-state index contributed by atoms with van der Waals surface area (Å²) >= 11 is 0. The van der Waals surface area contributed by atoms with E-state index in [1.807, 2.05) is 21.9 Å². The first-order valence-electron chi connectivity index (χ1n) is 27.0. The summed E-state index contributed by atoms with van der Waals surface area (Å²) < 4.78 is 40.9. The number of amides is 5. The number of aromatic nitrogens is 3. The summed E-state index contributed by atoms with van der Waals surface area (Å²) in [6, 6.07) is 6.20. The van der Waals surface area contributed by atoms with Crippen LogP contribution in [0.25, 0.3) is 10.9 Å². The van der Waals surface area contributed by atoms with Gasteiger partial charge in [-0.05, 0) is 106 Å². The molecule has 0 unspecified atom stereocenters. The van der Waals surface area contributed by atoms with Gasteiger partial charge in [0.2, 0.25) is 29.5 Å². The van der Waals surface area contributed by atoms with Crippen molar-refractivity contribution in [2.24, 2.45) is 17.8 Å². The van der Waals surface area contributed by atoms with E-state index in [1.54, 1.807) is 24.3 Å². The molecule has 0 spiro atoms. The van der Waals surface area contributed by atoms with Gasteiger partial charge in [0.15, 0.2) is 0 Å². The molecule has 398 valence electrons. The topological polar surface area (TPSA) is 185 Å². The number of hydrogen-bond donors (Lipinski definition) is 4. The Kier molecular flexibility index (Phi) is 18.2. The summed E-state index contributed by atoms with van der Waals surface area (Å²) in [6.07, 6.45) is 12.8. The second kappa shape index (κ2) is 24.7. The smallest absolute Gasteiger partial charge is 0.358 e. The van der Waals surface area contributed by atoms with Crippen molar-refractivity contribution in [3.05, 3.63) is 60.2 Å². The van der Waals surface area contributed by atoms with Crippen molar-refractivity contribution in [2.45, 2.75) is 159 Å². The zero-order valence-electron chi connectivity index (χ0n) is 42.9. The number of carbonyl (C=O) groups is 5. The van der Waals surface area contributed by atoms with Crippen LogP contribution in [0.5, 0.6) is 0 Å². The highest BCUT2D eigenvalue weighted by Gasteiger charge is 2.45. The average molecular weight is 1020 g/mol. The van der Waals surface area contributed by atoms with E-state index in [1.165, 1.54) is 12.4 Å². The number of likely N-dealkylation sites (tertiary alicyclic amines) is 2. The van der Waals surface area contributed by atoms with E-state index < -0.39 is 23.7 Å². The van der Waals surface area contributed by atoms with Gasteiger partial charge in [0, 0.05) is 94.9 Å². The standard InChI is InChI=1S/C54H76F3N11O5/c1-35(2)32-60-39-16-20-46(68-24-21-44(53(68)73)63-50-41-29-38(54(55,56)57)15-19-43(41)61-34-62-50)45(30-39)64-51(71)36-13-17-40(18-14-36)66-25-27-67(28-26-66)47(69)12-8-6-4-5-7-9-23-59-52(72)42-31-48(70)65(3)49(42)37-11-10-22-58-33-37/h10-11,15,19,22,29,33-36,39-40,42,44-46,49,60H,4-9,12-14,16-18,20-21,23-28,30-32H2,1-3H3,(H,59,72)(H,64,71)(H,61,62,63)/t36?,39-,40?,42+,44+,45-,46+,49-/m1/s1. The summed E-state index contributed by atoms with van der Waals surface area (Å²) in [5.74, 6) is 0.0873. The molecule has 5 fully saturated rings. The summed E-state index contributed by atoms with van der Waals surface area (Å²) in [6.45, 7) is 9.32. The van der Waals surface area contributed by atoms with E-state index in [9.17, 15) is 37.1 Å². The normalized spacial score (nSPS) is 26.2. The molecule has 8 rings (SSSR count). The van der Waals surface area contributed by atoms with Crippen LogP contribution in [0.15, 0.2) is 49.1 Å². The van der Waals surface area contributed by atoms with Gasteiger partial charge in [-0.25, -0.2) is 9.97 Å². The largest absolute Gasteiger partial charge is 0.416 e. The Hall–Kier alpha value is -5.43. The second-order valence-corrected chi connectivity index (χ2v) is 21.6. The van der Waals surface area contributed by atoms with Crippen molar-refractivity contribution in [3.63, 3.8) is 0 Å². The number of hydrogen-bond acceptors (Lipinski definition) is 11. The van der Waals surface area contributed by atoms with Crippen LogP contribution >= 0.6 is 0 Å². The molecular formula is C54H76F3N11O5. The second-order valence-electron chi connectivity index (χ2n) is 21.6. The minimum Gasteiger partial charge on any atom is -0.358 e. The molecule has 2 saturated carbocycles. The van der Waals surface area contributed by atoms with Crippen molar-refractivity contribution in [3.8, 4) is 0 Å². The van der Waals surface area contributed by atoms with Crippen LogP contribution in [0.1, 0.15) is 134 Å². The number of benzene rings is 1. The van der Waals surface area contributed by atoms with Gasteiger partial charge in [-0.2, -0.15) is 13.2 Å². The van der Waals surface area contributed by atoms with E-state index in [0.717, 1.165) is 114 Å². The van der Waals surface area contributed by atoms with Gasteiger partial charge in [0.1, 0.15) is 18.2 Å². The molecule has 2 aliphatic carbocycles. The molecule has 1 aromatic carbocycles. The number of pyridine rings is 1. The van der Waals surface area contributed by atoms with E-state index in [-0.39, 0.29) is 77.2 Å². The summed E-state index contributed by atoms with van der Waals surface area (Å²) in [4.78, 5) is 87.5. The first-order chi connectivity index (χ1) is 35.1. The highest BCUT2D eigenvalue weighted by Crippen LogP contribution is 2.38. The molecule has 0 radical (unpaired) electrons. The van der Waals surface area contributed by atoms with E-state index in [2.05, 4.69) is 55.0 Å². The van der Waals surface area contributed by atoms with Gasteiger partial charge in [0.05, 0.1) is 35.1 Å². The fourth-order valence-corrected chi connectivity index (χ4v) is 12.0. The number of alkyl halides is 3. The number of nitrogens with zero attached hydrogens (tertiary/aromatic N) is 7. The van der Waals surface area contributed by atoms with Crippen LogP contribution in [-0.4, -0.2) is 147 Å². The maximum absolute atomic E-state index is 14.1. The average Bonchev–Trinajstić information content (AvgIpc) is 3.90. The highest BCUT2D eigenvalue weighted by atomic mass is 19.4. The van der Waals surface area contributed by atoms with Gasteiger partial charge < -0.3 is 36.0 Å². The number of nitrogens with one attached hydrogen (secondary N) is 4. The maximum Gasteiger partial charge on any atom is 0.416 e. The third kappa shape index (κ3) is 13.7. The van der Waals surface area contributed by atoms with Crippen molar-refractivity contribution in [1.82, 2.24) is 50.5 Å². The number of fused-ring (bicyclic) bond motifs is 1. The van der Waals surface area contributed by atoms with Gasteiger partial charge >= 0.3 is 6.18 Å². The molecule has 4 N–H and O–H groups in total. The minimum absolute atomic E-state index is 0.0350. The molecule has 0 bridgehead atoms. The molecule has 5 aliphatic rings. The molecule has 2 aromatic heterocycles. The third-order valence-electron chi connectivity index (χ3n) is 16.2. The minimum atomic E-state index is -4.54. The molecule has 3 saturated heterocycles. The Labute approximate surface area is 427 Å².